The summed E-state index contributed by atoms with van der Waals surface area (Å²) in [4.78, 5) is 39.1. The lowest BCUT2D eigenvalue weighted by atomic mass is 10.2. The molecular formula is C74H156Cl2N4O26Si4. The van der Waals surface area contributed by atoms with E-state index in [1.54, 1.807) is 6.92 Å². The largest absolute Gasteiger partial charge is 1.00 e. The smallest absolute Gasteiger partial charge is 0.361 e. The minimum absolute atomic E-state index is 0. The molecule has 0 amide bonds. The molecule has 30 nitrogen and oxygen atoms in total. The van der Waals surface area contributed by atoms with Crippen molar-refractivity contribution < 1.29 is 157 Å². The molecule has 2 fully saturated rings. The van der Waals surface area contributed by atoms with Crippen LogP contribution in [0.15, 0.2) is 0 Å². The van der Waals surface area contributed by atoms with Crippen LogP contribution in [0.2, 0.25) is 76.6 Å². The minimum Gasteiger partial charge on any atom is -1.00 e. The number of ether oxygens (including phenoxy) is 18. The summed E-state index contributed by atoms with van der Waals surface area (Å²) >= 11 is 0. The van der Waals surface area contributed by atoms with E-state index in [1.807, 2.05) is 0 Å². The third-order valence-corrected chi connectivity index (χ3v) is 33.0. The van der Waals surface area contributed by atoms with Crippen molar-refractivity contribution in [1.29, 1.82) is 0 Å². The van der Waals surface area contributed by atoms with Gasteiger partial charge in [0.05, 0.1) is 245 Å². The van der Waals surface area contributed by atoms with Crippen molar-refractivity contribution in [3.8, 4) is 0 Å². The molecule has 2 aliphatic heterocycles. The van der Waals surface area contributed by atoms with Crippen LogP contribution in [0.3, 0.4) is 0 Å². The van der Waals surface area contributed by atoms with Gasteiger partial charge in [-0.1, -0.05) is 6.92 Å². The van der Waals surface area contributed by atoms with Gasteiger partial charge in [0.2, 0.25) is 0 Å². The zero-order valence-electron chi connectivity index (χ0n) is 70.4. The van der Waals surface area contributed by atoms with E-state index in [-0.39, 0.29) is 50.0 Å². The molecule has 110 heavy (non-hydrogen) atoms. The van der Waals surface area contributed by atoms with Gasteiger partial charge in [-0.3, -0.25) is 14.6 Å². The molecule has 0 aromatic rings. The molecule has 36 heteroatoms. The number of aliphatic hydroxyl groups is 2. The van der Waals surface area contributed by atoms with Gasteiger partial charge in [0.15, 0.2) is 39.8 Å². The first-order valence-corrected chi connectivity index (χ1v) is 53.0. The summed E-state index contributed by atoms with van der Waals surface area (Å²) in [5, 5.41) is 21.3. The van der Waals surface area contributed by atoms with E-state index >= 15 is 0 Å². The molecule has 2 N–H and O–H groups in total. The van der Waals surface area contributed by atoms with Gasteiger partial charge in [-0.2, -0.15) is 0 Å². The molecule has 2 unspecified atom stereocenters. The fraction of sp³-hybridized carbons (Fsp3) is 0.973. The first kappa shape index (κ1) is 109. The van der Waals surface area contributed by atoms with Crippen LogP contribution in [0.5, 0.6) is 0 Å². The van der Waals surface area contributed by atoms with Gasteiger partial charge < -0.3 is 137 Å². The maximum Gasteiger partial charge on any atom is 0.361 e. The first-order valence-electron chi connectivity index (χ1n) is 40.5. The van der Waals surface area contributed by atoms with E-state index in [2.05, 4.69) is 83.3 Å². The molecule has 658 valence electrons. The Balaban J connectivity index is 0.0000594. The molecule has 2 aliphatic rings. The minimum atomic E-state index is -1.88. The Morgan fingerprint density at radius 3 is 0.891 bits per heavy atom. The Kier molecular flexibility index (Phi) is 69.8. The van der Waals surface area contributed by atoms with E-state index in [9.17, 15) is 19.8 Å². The topological polar surface area (TPSA) is 284 Å². The van der Waals surface area contributed by atoms with Crippen molar-refractivity contribution in [2.45, 2.75) is 141 Å². The second kappa shape index (κ2) is 70.2. The highest BCUT2D eigenvalue weighted by Crippen LogP contribution is 2.26. The Bertz CT molecular complexity index is 2090. The maximum absolute atomic E-state index is 12.7. The van der Waals surface area contributed by atoms with Crippen LogP contribution in [0.4, 0.5) is 0 Å². The molecule has 0 bridgehead atoms. The van der Waals surface area contributed by atoms with E-state index < -0.39 is 45.5 Å². The zero-order chi connectivity index (χ0) is 79.0. The number of esters is 2. The molecule has 0 aromatic carbocycles. The molecule has 2 atom stereocenters. The first-order chi connectivity index (χ1) is 51.8. The summed E-state index contributed by atoms with van der Waals surface area (Å²) in [5.74, 6) is -0.461. The van der Waals surface area contributed by atoms with Gasteiger partial charge in [0.1, 0.15) is 19.8 Å². The van der Waals surface area contributed by atoms with Gasteiger partial charge in [0.25, 0.3) is 0 Å². The number of likely N-dealkylation sites (N-methyl/N-ethyl adjacent to an activating group) is 2. The standard InChI is InChI=1S/C74H156N4O26Si4.2ClH/c1-13-73(81)99-59-56-94-53-50-86-37-34-83-28-14-15-29-84-35-38-87-52-55-96-58-61-102-101-33-19-65-108(11,12)104-105(5,6)62-16-30-85-36-39-88-40-41-89-42-43-90-44-45-91-46-47-92-48-49-93-51-54-95-57-60-100-74(82)68-78(4)26-22-76(23-27-78)67-72(80)70-98-32-18-64-107(9,10)103-106(7,8)63-17-31-97-69-71(79)66-75-20-24-77(2,3)25-21-75;;/h71-72,79-80H,13-70H2,1-12H3;2*1H/q+2;;/p-2. The number of hydrogen-bond donors (Lipinski definition) is 2. The van der Waals surface area contributed by atoms with Gasteiger partial charge in [0, 0.05) is 78.7 Å². The monoisotopic (exact) mass is 1700 g/mol. The number of β-amino-alcohol motifs (C(OH)–C–C–N with tert-alkyl or cyclic N) is 2. The third-order valence-electron chi connectivity index (χ3n) is 17.9. The van der Waals surface area contributed by atoms with Gasteiger partial charge in [-0.15, -0.1) is 0 Å². The fourth-order valence-electron chi connectivity index (χ4n) is 12.0. The third kappa shape index (κ3) is 69.3. The van der Waals surface area contributed by atoms with Crippen LogP contribution in [0.25, 0.3) is 0 Å². The molecular weight excluding hydrogens is 1540 g/mol. The van der Waals surface area contributed by atoms with Crippen molar-refractivity contribution in [2.75, 3.05) is 331 Å². The number of halogens is 2. The van der Waals surface area contributed by atoms with Crippen molar-refractivity contribution in [2.24, 2.45) is 0 Å². The number of piperazine rings is 2. The van der Waals surface area contributed by atoms with Crippen molar-refractivity contribution >= 4 is 45.2 Å². The highest BCUT2D eigenvalue weighted by atomic mass is 35.5. The highest BCUT2D eigenvalue weighted by Gasteiger charge is 2.35. The Morgan fingerprint density at radius 1 is 0.327 bits per heavy atom. The second-order valence-corrected chi connectivity index (χ2v) is 48.8. The highest BCUT2D eigenvalue weighted by molar-refractivity contribution is 6.85. The number of aliphatic hydroxyl groups excluding tert-OH is 2. The van der Waals surface area contributed by atoms with Crippen LogP contribution in [0, 0.1) is 0 Å². The van der Waals surface area contributed by atoms with E-state index in [1.165, 1.54) is 0 Å². The molecule has 0 saturated carbocycles. The lowest BCUT2D eigenvalue weighted by Crippen LogP contribution is -3.00. The number of nitrogens with zero attached hydrogens (tertiary/aromatic N) is 4. The Hall–Kier alpha value is -0.652. The summed E-state index contributed by atoms with van der Waals surface area (Å²) in [6.07, 6.45) is 4.88. The van der Waals surface area contributed by atoms with Gasteiger partial charge in [-0.05, 0) is 115 Å². The van der Waals surface area contributed by atoms with Crippen molar-refractivity contribution in [3.63, 3.8) is 0 Å². The lowest BCUT2D eigenvalue weighted by molar-refractivity contribution is -0.906. The van der Waals surface area contributed by atoms with E-state index in [4.69, 9.17) is 103 Å². The maximum atomic E-state index is 12.7. The lowest BCUT2D eigenvalue weighted by Gasteiger charge is -2.41. The summed E-state index contributed by atoms with van der Waals surface area (Å²) in [5.41, 5.74) is 0. The number of quaternary nitrogens is 2. The summed E-state index contributed by atoms with van der Waals surface area (Å²) in [7, 11) is -0.828. The van der Waals surface area contributed by atoms with Crippen LogP contribution in [0.1, 0.15) is 51.9 Å². The SMILES string of the molecule is CCC(=O)OCCOCCOCCOCCCCOCCOCCOCCOOCCC[Si](C)(C)O[Si](C)(C)CCCOCCOCCOCCOCCOCCOCCOCCOCCOC(=O)C[N+]1(C)CCN(CC(O)COCCC[Si](C)(C)O[Si](C)(C)CCCOCC(O)CN2CC[N+](C)(C)CC2)CC1.[Cl-].[Cl-]. The number of rotatable bonds is 79. The average Bonchev–Trinajstić information content (AvgIpc) is 0.861. The fourth-order valence-corrected chi connectivity index (χ4v) is 29.6. The molecule has 0 spiro atoms. The molecule has 2 saturated heterocycles. The number of unbranched alkanes of at least 4 members (excludes halogenated alkanes) is 1. The van der Waals surface area contributed by atoms with Crippen molar-refractivity contribution in [3.05, 3.63) is 0 Å². The average molecular weight is 1700 g/mol. The molecule has 0 aromatic heterocycles. The Labute approximate surface area is 679 Å². The predicted molar refractivity (Wildman–Crippen MR) is 424 cm³/mol. The van der Waals surface area contributed by atoms with Crippen LogP contribution in [-0.4, -0.2) is 417 Å². The van der Waals surface area contributed by atoms with E-state index in [0.717, 1.165) is 120 Å². The quantitative estimate of drug-likeness (QED) is 0.0199. The van der Waals surface area contributed by atoms with E-state index in [0.29, 0.717) is 255 Å². The zero-order valence-corrected chi connectivity index (χ0v) is 75.9. The molecule has 0 radical (unpaired) electrons. The molecule has 2 rings (SSSR count). The summed E-state index contributed by atoms with van der Waals surface area (Å²) in [6.45, 7) is 46.0. The predicted octanol–water partition coefficient (Wildman–Crippen LogP) is -0.225. The summed E-state index contributed by atoms with van der Waals surface area (Å²) < 4.78 is 116. The number of hydrogen-bond acceptors (Lipinski definition) is 28. The van der Waals surface area contributed by atoms with Crippen LogP contribution >= 0.6 is 0 Å². The second-order valence-electron chi connectivity index (χ2n) is 31.0. The van der Waals surface area contributed by atoms with Crippen LogP contribution < -0.4 is 24.8 Å². The van der Waals surface area contributed by atoms with Crippen molar-refractivity contribution in [1.82, 2.24) is 9.80 Å². The normalized spacial score (nSPS) is 15.7. The summed E-state index contributed by atoms with van der Waals surface area (Å²) in [6, 6.07) is 4.08. The molecule has 0 aliphatic carbocycles. The van der Waals surface area contributed by atoms with Crippen LogP contribution in [-0.2, 0) is 113 Å². The van der Waals surface area contributed by atoms with Gasteiger partial charge >= 0.3 is 11.9 Å². The van der Waals surface area contributed by atoms with Gasteiger partial charge in [-0.25, -0.2) is 14.6 Å². The number of carbonyl (C=O) groups is 2. The number of carbonyl (C=O) groups excluding carboxylic acids is 2. The molecule has 2 heterocycles. The Morgan fingerprint density at radius 2 is 0.573 bits per heavy atom.